The Morgan fingerprint density at radius 1 is 1.33 bits per heavy atom. The summed E-state index contributed by atoms with van der Waals surface area (Å²) in [7, 11) is -2.04. The summed E-state index contributed by atoms with van der Waals surface area (Å²) >= 11 is -2.23. The van der Waals surface area contributed by atoms with Crippen molar-refractivity contribution in [1.82, 2.24) is 19.9 Å². The van der Waals surface area contributed by atoms with E-state index in [1.54, 1.807) is 0 Å². The number of ether oxygens (including phenoxy) is 2. The quantitative estimate of drug-likeness (QED) is 0.703. The van der Waals surface area contributed by atoms with Gasteiger partial charge in [-0.25, -0.2) is 0 Å². The molecule has 0 aromatic carbocycles. The molecule has 3 aromatic rings. The van der Waals surface area contributed by atoms with E-state index < -0.39 is 66.4 Å². The van der Waals surface area contributed by atoms with Crippen LogP contribution in [0.5, 0.6) is 11.6 Å². The van der Waals surface area contributed by atoms with Crippen LogP contribution in [-0.4, -0.2) is 38.6 Å². The first-order valence-corrected chi connectivity index (χ1v) is 7.69. The van der Waals surface area contributed by atoms with Crippen molar-refractivity contribution in [1.29, 1.82) is 0 Å². The Balaban J connectivity index is 2.19. The molecule has 7 nitrogen and oxygen atoms in total. The van der Waals surface area contributed by atoms with Crippen LogP contribution >= 0.6 is 0 Å². The molecule has 3 aromatic heterocycles. The lowest BCUT2D eigenvalue weighted by Crippen LogP contribution is -2.10. The zero-order valence-corrected chi connectivity index (χ0v) is 13.0. The fourth-order valence-corrected chi connectivity index (χ4v) is 2.84. The minimum absolute atomic E-state index is 0.0430. The SMILES string of the molecule is [2H]c1nc(C[S+]([O-])c2nc3nc(OC)c([2H])c([2H])c3[nH]2)c(C([2H])([2H])[2H])c(OC([2H])([2H])[2H])c1C([2H])([2H])[2H]. The van der Waals surface area contributed by atoms with Crippen molar-refractivity contribution in [3.8, 4) is 11.6 Å². The monoisotopic (exact) mass is 358 g/mol. The van der Waals surface area contributed by atoms with Crippen LogP contribution in [0.3, 0.4) is 0 Å². The van der Waals surface area contributed by atoms with Crippen LogP contribution in [0.25, 0.3) is 11.2 Å². The van der Waals surface area contributed by atoms with Gasteiger partial charge in [-0.05, 0) is 19.7 Å². The van der Waals surface area contributed by atoms with Crippen LogP contribution in [0.15, 0.2) is 23.4 Å². The summed E-state index contributed by atoms with van der Waals surface area (Å²) in [6.45, 7) is -6.32. The zero-order valence-electron chi connectivity index (χ0n) is 24.2. The van der Waals surface area contributed by atoms with Gasteiger partial charge in [-0.3, -0.25) is 9.97 Å². The minimum atomic E-state index is -3.27. The number of hydrogen-bond donors (Lipinski definition) is 1. The lowest BCUT2D eigenvalue weighted by Gasteiger charge is -2.13. The molecule has 126 valence electrons. The van der Waals surface area contributed by atoms with E-state index in [0.717, 1.165) is 0 Å². The summed E-state index contributed by atoms with van der Waals surface area (Å²) < 4.78 is 115. The van der Waals surface area contributed by atoms with Gasteiger partial charge in [0.2, 0.25) is 5.88 Å². The number of hydrogen-bond acceptors (Lipinski definition) is 6. The number of imidazole rings is 1. The molecule has 0 spiro atoms. The Bertz CT molecular complexity index is 1310. The molecule has 1 atom stereocenters. The first-order valence-electron chi connectivity index (χ1n) is 12.4. The second-order valence-electron chi connectivity index (χ2n) is 4.45. The van der Waals surface area contributed by atoms with Crippen molar-refractivity contribution in [2.45, 2.75) is 24.6 Å². The van der Waals surface area contributed by atoms with E-state index in [1.165, 1.54) is 7.11 Å². The summed E-state index contributed by atoms with van der Waals surface area (Å²) in [5.74, 6) is -2.02. The van der Waals surface area contributed by atoms with Gasteiger partial charge < -0.3 is 14.0 Å². The number of fused-ring (bicyclic) bond motifs is 1. The highest BCUT2D eigenvalue weighted by Crippen LogP contribution is 2.26. The maximum atomic E-state index is 13.1. The number of pyridine rings is 2. The van der Waals surface area contributed by atoms with Gasteiger partial charge in [-0.1, -0.05) is 0 Å². The summed E-state index contributed by atoms with van der Waals surface area (Å²) in [5, 5.41) is -0.290. The average molecular weight is 358 g/mol. The van der Waals surface area contributed by atoms with E-state index in [0.29, 0.717) is 0 Å². The van der Waals surface area contributed by atoms with E-state index in [-0.39, 0.29) is 34.3 Å². The third kappa shape index (κ3) is 3.02. The van der Waals surface area contributed by atoms with Gasteiger partial charge in [0.15, 0.2) is 11.4 Å². The molecule has 0 aliphatic carbocycles. The first-order chi connectivity index (χ1) is 16.3. The Kier molecular flexibility index (Phi) is 2.02. The lowest BCUT2D eigenvalue weighted by atomic mass is 10.1. The highest BCUT2D eigenvalue weighted by atomic mass is 32.2. The summed E-state index contributed by atoms with van der Waals surface area (Å²) in [6, 6.07) is -0.708. The smallest absolute Gasteiger partial charge is 0.323 e. The van der Waals surface area contributed by atoms with Gasteiger partial charge >= 0.3 is 5.16 Å². The Hall–Kier alpha value is -2.32. The molecule has 24 heavy (non-hydrogen) atoms. The third-order valence-electron chi connectivity index (χ3n) is 2.99. The maximum absolute atomic E-state index is 13.1. The largest absolute Gasteiger partial charge is 0.609 e. The number of rotatable bonds is 5. The van der Waals surface area contributed by atoms with Gasteiger partial charge in [0.25, 0.3) is 0 Å². The van der Waals surface area contributed by atoms with E-state index in [4.69, 9.17) is 25.9 Å². The molecule has 0 amide bonds. The molecule has 0 radical (unpaired) electrons. The van der Waals surface area contributed by atoms with Crippen molar-refractivity contribution in [2.75, 3.05) is 14.1 Å². The number of aromatic nitrogens is 4. The van der Waals surface area contributed by atoms with Crippen molar-refractivity contribution in [3.63, 3.8) is 0 Å². The molecule has 0 aliphatic rings. The van der Waals surface area contributed by atoms with E-state index >= 15 is 0 Å². The van der Waals surface area contributed by atoms with Gasteiger partial charge in [-0.15, -0.1) is 0 Å². The molecule has 0 bridgehead atoms. The number of nitrogens with zero attached hydrogens (tertiary/aromatic N) is 3. The highest BCUT2D eigenvalue weighted by molar-refractivity contribution is 7.90. The summed E-state index contributed by atoms with van der Waals surface area (Å²) in [6.07, 6.45) is -0.974. The molecular formula is C16H18N4O3S. The normalized spacial score (nSPS) is 21.2. The summed E-state index contributed by atoms with van der Waals surface area (Å²) in [5.41, 5.74) is -2.64. The molecule has 8 heteroatoms. The average Bonchev–Trinajstić information content (AvgIpc) is 3.11. The van der Waals surface area contributed by atoms with Gasteiger partial charge in [0, 0.05) is 42.7 Å². The van der Waals surface area contributed by atoms with Crippen molar-refractivity contribution >= 4 is 22.3 Å². The fourth-order valence-electron chi connectivity index (χ4n) is 1.84. The number of H-pyrrole nitrogens is 1. The van der Waals surface area contributed by atoms with Gasteiger partial charge in [0.05, 0.1) is 33.6 Å². The molecule has 0 fully saturated rings. The molecule has 0 aliphatic heterocycles. The van der Waals surface area contributed by atoms with E-state index in [9.17, 15) is 4.55 Å². The predicted octanol–water partition coefficient (Wildman–Crippen LogP) is 2.29. The Labute approximate surface area is 159 Å². The molecule has 0 saturated carbocycles. The van der Waals surface area contributed by atoms with Crippen LogP contribution < -0.4 is 9.47 Å². The maximum Gasteiger partial charge on any atom is 0.323 e. The molecule has 0 saturated heterocycles. The Morgan fingerprint density at radius 3 is 3.00 bits per heavy atom. The molecular weight excluding hydrogens is 328 g/mol. The van der Waals surface area contributed by atoms with E-state index in [2.05, 4.69) is 19.9 Å². The minimum Gasteiger partial charge on any atom is -0.609 e. The van der Waals surface area contributed by atoms with Crippen molar-refractivity contribution in [2.24, 2.45) is 0 Å². The second kappa shape index (κ2) is 6.66. The van der Waals surface area contributed by atoms with Crippen LogP contribution in [-0.2, 0) is 16.9 Å². The zero-order chi connectivity index (χ0) is 27.4. The number of nitrogens with one attached hydrogen (secondary N) is 1. The first kappa shape index (κ1) is 7.28. The Morgan fingerprint density at radius 2 is 2.25 bits per heavy atom. The topological polar surface area (TPSA) is 96.0 Å². The molecule has 1 unspecified atom stereocenters. The van der Waals surface area contributed by atoms with Crippen LogP contribution in [0.1, 0.15) is 33.3 Å². The molecule has 1 N–H and O–H groups in total. The van der Waals surface area contributed by atoms with E-state index in [1.807, 2.05) is 0 Å². The fraction of sp³-hybridized carbons (Fsp3) is 0.312. The van der Waals surface area contributed by atoms with Crippen LogP contribution in [0.4, 0.5) is 0 Å². The standard InChI is InChI=1S/C16H18N4O3S/c1-9-7-17-12(10(2)14(9)23-4)8-24(21)16-18-11-5-6-13(22-3)19-15(11)20-16/h5-7H,8H2,1-4H3,(H,18,19,20)/i1D3,2D3,4D3,5D,6D,7D. The van der Waals surface area contributed by atoms with Gasteiger partial charge in [-0.2, -0.15) is 9.97 Å². The number of methoxy groups -OCH3 is 2. The van der Waals surface area contributed by atoms with Crippen molar-refractivity contribution in [3.05, 3.63) is 35.1 Å². The number of aromatic amines is 1. The molecule has 3 rings (SSSR count). The molecule has 3 heterocycles. The second-order valence-corrected chi connectivity index (χ2v) is 5.82. The van der Waals surface area contributed by atoms with Crippen LogP contribution in [0, 0.1) is 13.7 Å². The lowest BCUT2D eigenvalue weighted by molar-refractivity contribution is 0.399. The van der Waals surface area contributed by atoms with Crippen LogP contribution in [0.2, 0.25) is 0 Å². The summed E-state index contributed by atoms with van der Waals surface area (Å²) in [4.78, 5) is 14.2. The van der Waals surface area contributed by atoms with Gasteiger partial charge in [0.1, 0.15) is 5.75 Å². The van der Waals surface area contributed by atoms with Crippen molar-refractivity contribution < 1.29 is 30.5 Å². The predicted molar refractivity (Wildman–Crippen MR) is 90.8 cm³/mol. The third-order valence-corrected chi connectivity index (χ3v) is 4.15. The highest BCUT2D eigenvalue weighted by Gasteiger charge is 2.21.